The highest BCUT2D eigenvalue weighted by Crippen LogP contribution is 2.37. The summed E-state index contributed by atoms with van der Waals surface area (Å²) in [5.41, 5.74) is 1.27. The highest BCUT2D eigenvalue weighted by atomic mass is 19.3. The maximum absolute atomic E-state index is 12.7. The van der Waals surface area contributed by atoms with Crippen LogP contribution >= 0.6 is 0 Å². The zero-order valence-electron chi connectivity index (χ0n) is 13.2. The Balaban J connectivity index is 2.28. The van der Waals surface area contributed by atoms with Gasteiger partial charge in [-0.25, -0.2) is 8.78 Å². The van der Waals surface area contributed by atoms with Gasteiger partial charge in [0.05, 0.1) is 0 Å². The molecule has 0 saturated carbocycles. The Morgan fingerprint density at radius 2 is 1.90 bits per heavy atom. The summed E-state index contributed by atoms with van der Waals surface area (Å²) < 4.78 is 25.4. The molecular weight excluding hydrogens is 270 g/mol. The smallest absolute Gasteiger partial charge is 0.263 e. The van der Waals surface area contributed by atoms with Gasteiger partial charge in [0, 0.05) is 17.6 Å². The first-order chi connectivity index (χ1) is 10.0. The number of benzene rings is 1. The van der Waals surface area contributed by atoms with Crippen molar-refractivity contribution in [3.63, 3.8) is 0 Å². The second kappa shape index (κ2) is 7.32. The number of likely N-dealkylation sites (tertiary alicyclic amines) is 1. The predicted molar refractivity (Wildman–Crippen MR) is 82.6 cm³/mol. The van der Waals surface area contributed by atoms with E-state index in [0.717, 1.165) is 18.7 Å². The van der Waals surface area contributed by atoms with Crippen LogP contribution in [-0.4, -0.2) is 31.1 Å². The molecule has 0 radical (unpaired) electrons. The van der Waals surface area contributed by atoms with Gasteiger partial charge in [-0.2, -0.15) is 0 Å². The molecule has 1 aromatic carbocycles. The van der Waals surface area contributed by atoms with Crippen molar-refractivity contribution in [2.75, 3.05) is 20.1 Å². The average Bonchev–Trinajstić information content (AvgIpc) is 2.47. The molecule has 2 atom stereocenters. The number of hydrogen-bond acceptors (Lipinski definition) is 2. The second-order valence-electron chi connectivity index (χ2n) is 6.20. The summed E-state index contributed by atoms with van der Waals surface area (Å²) >= 11 is 0. The van der Waals surface area contributed by atoms with E-state index in [9.17, 15) is 8.78 Å². The summed E-state index contributed by atoms with van der Waals surface area (Å²) in [4.78, 5) is 2.50. The summed E-state index contributed by atoms with van der Waals surface area (Å²) in [6, 6.07) is 7.69. The standard InChI is InChI=1S/C17H26F2N2/c1-12(2)21-10-4-5-15(11-20-3)16(21)13-6-8-14(9-7-13)17(18)19/h6-9,12,15-17,20H,4-5,10-11H2,1-3H3. The van der Waals surface area contributed by atoms with Crippen molar-refractivity contribution in [3.05, 3.63) is 35.4 Å². The molecule has 21 heavy (non-hydrogen) atoms. The van der Waals surface area contributed by atoms with Crippen molar-refractivity contribution >= 4 is 0 Å². The van der Waals surface area contributed by atoms with E-state index in [1.165, 1.54) is 12.8 Å². The van der Waals surface area contributed by atoms with Gasteiger partial charge in [0.2, 0.25) is 0 Å². The maximum Gasteiger partial charge on any atom is 0.263 e. The Bertz CT molecular complexity index is 429. The summed E-state index contributed by atoms with van der Waals surface area (Å²) in [5, 5.41) is 3.28. The largest absolute Gasteiger partial charge is 0.319 e. The molecule has 0 aliphatic carbocycles. The maximum atomic E-state index is 12.7. The summed E-state index contributed by atoms with van der Waals surface area (Å²) in [6.45, 7) is 6.47. The molecule has 118 valence electrons. The molecule has 0 amide bonds. The third-order valence-corrected chi connectivity index (χ3v) is 4.45. The van der Waals surface area contributed by atoms with Crippen LogP contribution in [-0.2, 0) is 0 Å². The highest BCUT2D eigenvalue weighted by molar-refractivity contribution is 5.27. The molecular formula is C17H26F2N2. The van der Waals surface area contributed by atoms with Crippen molar-refractivity contribution in [1.29, 1.82) is 0 Å². The molecule has 1 heterocycles. The fourth-order valence-electron chi connectivity index (χ4n) is 3.46. The van der Waals surface area contributed by atoms with Gasteiger partial charge in [-0.1, -0.05) is 24.3 Å². The minimum atomic E-state index is -2.39. The Morgan fingerprint density at radius 3 is 2.43 bits per heavy atom. The van der Waals surface area contributed by atoms with Gasteiger partial charge in [0.15, 0.2) is 0 Å². The van der Waals surface area contributed by atoms with Gasteiger partial charge in [-0.3, -0.25) is 4.90 Å². The van der Waals surface area contributed by atoms with Gasteiger partial charge >= 0.3 is 0 Å². The first kappa shape index (κ1) is 16.4. The van der Waals surface area contributed by atoms with Crippen molar-refractivity contribution in [1.82, 2.24) is 10.2 Å². The fourth-order valence-corrected chi connectivity index (χ4v) is 3.46. The lowest BCUT2D eigenvalue weighted by Gasteiger charge is -2.44. The Kier molecular flexibility index (Phi) is 5.71. The van der Waals surface area contributed by atoms with Gasteiger partial charge < -0.3 is 5.32 Å². The highest BCUT2D eigenvalue weighted by Gasteiger charge is 2.33. The molecule has 1 aromatic rings. The van der Waals surface area contributed by atoms with E-state index >= 15 is 0 Å². The summed E-state index contributed by atoms with van der Waals surface area (Å²) in [6.07, 6.45) is 0.00119. The van der Waals surface area contributed by atoms with Crippen LogP contribution in [0.25, 0.3) is 0 Å². The number of piperidine rings is 1. The first-order valence-corrected chi connectivity index (χ1v) is 7.83. The monoisotopic (exact) mass is 296 g/mol. The van der Waals surface area contributed by atoms with Crippen molar-refractivity contribution in [2.24, 2.45) is 5.92 Å². The molecule has 1 saturated heterocycles. The number of nitrogens with one attached hydrogen (secondary N) is 1. The van der Waals surface area contributed by atoms with Crippen LogP contribution in [0.2, 0.25) is 0 Å². The summed E-state index contributed by atoms with van der Waals surface area (Å²) in [7, 11) is 1.98. The van der Waals surface area contributed by atoms with Crippen molar-refractivity contribution < 1.29 is 8.78 Å². The third kappa shape index (κ3) is 3.80. The van der Waals surface area contributed by atoms with Crippen molar-refractivity contribution in [3.8, 4) is 0 Å². The SMILES string of the molecule is CNCC1CCCN(C(C)C)C1c1ccc(C(F)F)cc1. The molecule has 1 N–H and O–H groups in total. The predicted octanol–water partition coefficient (Wildman–Crippen LogP) is 4.01. The minimum Gasteiger partial charge on any atom is -0.319 e. The second-order valence-corrected chi connectivity index (χ2v) is 6.20. The molecule has 4 heteroatoms. The van der Waals surface area contributed by atoms with Crippen LogP contribution in [0.3, 0.4) is 0 Å². The van der Waals surface area contributed by atoms with E-state index in [-0.39, 0.29) is 5.56 Å². The lowest BCUT2D eigenvalue weighted by atomic mass is 9.83. The van der Waals surface area contributed by atoms with Crippen LogP contribution in [0.1, 0.15) is 50.3 Å². The van der Waals surface area contributed by atoms with E-state index in [1.54, 1.807) is 12.1 Å². The Hall–Kier alpha value is -1.00. The average molecular weight is 296 g/mol. The van der Waals surface area contributed by atoms with Crippen LogP contribution < -0.4 is 5.32 Å². The number of alkyl halides is 2. The van der Waals surface area contributed by atoms with E-state index in [4.69, 9.17) is 0 Å². The zero-order valence-corrected chi connectivity index (χ0v) is 13.2. The van der Waals surface area contributed by atoms with E-state index < -0.39 is 6.43 Å². The van der Waals surface area contributed by atoms with E-state index in [2.05, 4.69) is 24.1 Å². The topological polar surface area (TPSA) is 15.3 Å². The molecule has 0 bridgehead atoms. The molecule has 2 nitrogen and oxygen atoms in total. The van der Waals surface area contributed by atoms with Gasteiger partial charge in [-0.15, -0.1) is 0 Å². The van der Waals surface area contributed by atoms with E-state index in [0.29, 0.717) is 18.0 Å². The van der Waals surface area contributed by atoms with Crippen LogP contribution in [0.15, 0.2) is 24.3 Å². The first-order valence-electron chi connectivity index (χ1n) is 7.83. The van der Waals surface area contributed by atoms with Gasteiger partial charge in [0.1, 0.15) is 0 Å². The van der Waals surface area contributed by atoms with Crippen LogP contribution in [0.5, 0.6) is 0 Å². The van der Waals surface area contributed by atoms with Gasteiger partial charge in [0.25, 0.3) is 6.43 Å². The minimum absolute atomic E-state index is 0.107. The van der Waals surface area contributed by atoms with Crippen LogP contribution in [0.4, 0.5) is 8.78 Å². The van der Waals surface area contributed by atoms with Crippen LogP contribution in [0, 0.1) is 5.92 Å². The fraction of sp³-hybridized carbons (Fsp3) is 0.647. The number of hydrogen-bond donors (Lipinski definition) is 1. The van der Waals surface area contributed by atoms with Crippen molar-refractivity contribution in [2.45, 2.75) is 45.2 Å². The third-order valence-electron chi connectivity index (χ3n) is 4.45. The zero-order chi connectivity index (χ0) is 15.4. The lowest BCUT2D eigenvalue weighted by Crippen LogP contribution is -2.45. The molecule has 1 aliphatic rings. The Morgan fingerprint density at radius 1 is 1.24 bits per heavy atom. The summed E-state index contributed by atoms with van der Waals surface area (Å²) in [5.74, 6) is 0.531. The Labute approximate surface area is 126 Å². The quantitative estimate of drug-likeness (QED) is 0.883. The number of rotatable bonds is 5. The molecule has 0 aromatic heterocycles. The molecule has 1 fully saturated rings. The molecule has 2 unspecified atom stereocenters. The number of halogens is 2. The lowest BCUT2D eigenvalue weighted by molar-refractivity contribution is 0.0635. The molecule has 1 aliphatic heterocycles. The van der Waals surface area contributed by atoms with E-state index in [1.807, 2.05) is 19.2 Å². The molecule has 0 spiro atoms. The van der Waals surface area contributed by atoms with Gasteiger partial charge in [-0.05, 0) is 58.3 Å². The molecule has 2 rings (SSSR count). The normalized spacial score (nSPS) is 24.0. The number of nitrogens with zero attached hydrogens (tertiary/aromatic N) is 1.